The molecule has 0 aliphatic rings. The van der Waals surface area contributed by atoms with Gasteiger partial charge in [-0.25, -0.2) is 0 Å². The first-order valence-electron chi connectivity index (χ1n) is 9.08. The summed E-state index contributed by atoms with van der Waals surface area (Å²) in [7, 11) is 5.24. The van der Waals surface area contributed by atoms with E-state index in [0.717, 1.165) is 29.9 Å². The van der Waals surface area contributed by atoms with Gasteiger partial charge in [-0.15, -0.1) is 0 Å². The highest BCUT2D eigenvalue weighted by atomic mass is 33.1. The van der Waals surface area contributed by atoms with E-state index in [1.807, 2.05) is 29.0 Å². The molecule has 0 aliphatic carbocycles. The third kappa shape index (κ3) is 10.6. The summed E-state index contributed by atoms with van der Waals surface area (Å²) in [5.41, 5.74) is 2.61. The molecule has 1 aromatic rings. The van der Waals surface area contributed by atoms with Crippen molar-refractivity contribution in [2.45, 2.75) is 25.4 Å². The Morgan fingerprint density at radius 1 is 0.963 bits per heavy atom. The molecule has 0 unspecified atom stereocenters. The van der Waals surface area contributed by atoms with Gasteiger partial charge in [-0.1, -0.05) is 34.6 Å². The molecule has 0 heterocycles. The third-order valence-corrected chi connectivity index (χ3v) is 6.05. The van der Waals surface area contributed by atoms with Gasteiger partial charge in [-0.05, 0) is 29.5 Å². The lowest BCUT2D eigenvalue weighted by Gasteiger charge is -2.28. The molecular weight excluding hydrogens is 386 g/mol. The van der Waals surface area contributed by atoms with E-state index >= 15 is 0 Å². The molecule has 0 aliphatic heterocycles. The second kappa shape index (κ2) is 15.4. The van der Waals surface area contributed by atoms with Crippen molar-refractivity contribution >= 4 is 27.3 Å². The molecular formula is C19H33NO5S2. The van der Waals surface area contributed by atoms with Crippen LogP contribution in [0, 0.1) is 0 Å². The van der Waals surface area contributed by atoms with E-state index in [1.165, 1.54) is 0 Å². The van der Waals surface area contributed by atoms with E-state index in [4.69, 9.17) is 14.2 Å². The Labute approximate surface area is 171 Å². The molecule has 27 heavy (non-hydrogen) atoms. The van der Waals surface area contributed by atoms with Crippen LogP contribution < -0.4 is 4.90 Å². The third-order valence-electron chi connectivity index (χ3n) is 3.81. The number of hydrogen-bond acceptors (Lipinski definition) is 8. The Morgan fingerprint density at radius 2 is 1.56 bits per heavy atom. The average Bonchev–Trinajstić information content (AvgIpc) is 2.68. The van der Waals surface area contributed by atoms with Crippen LogP contribution in [0.5, 0.6) is 0 Å². The van der Waals surface area contributed by atoms with Crippen LogP contribution in [0.3, 0.4) is 0 Å². The van der Waals surface area contributed by atoms with Crippen LogP contribution in [-0.2, 0) is 27.4 Å². The maximum atomic E-state index is 9.51. The summed E-state index contributed by atoms with van der Waals surface area (Å²) in [5.74, 6) is 0. The van der Waals surface area contributed by atoms with Crippen molar-refractivity contribution < 1.29 is 24.4 Å². The van der Waals surface area contributed by atoms with E-state index in [9.17, 15) is 10.2 Å². The fraction of sp³-hybridized carbons (Fsp3) is 0.684. The standard InChI is InChI=1S/C19H33NO5S2/c1-16(27-26-3)13-20(4-5-24-8-9-25-7-6-23-2)19-11-17(14-21)10-18(12-19)15-22/h10-12,16,21-22H,4-9,13-15H2,1-3H3/t16-/m0/s1. The minimum absolute atomic E-state index is 0.0426. The number of ether oxygens (including phenoxy) is 3. The van der Waals surface area contributed by atoms with Gasteiger partial charge in [0.1, 0.15) is 0 Å². The molecule has 2 N–H and O–H groups in total. The number of benzene rings is 1. The maximum Gasteiger partial charge on any atom is 0.0701 e. The molecule has 0 radical (unpaired) electrons. The molecule has 156 valence electrons. The van der Waals surface area contributed by atoms with Gasteiger partial charge < -0.3 is 29.3 Å². The predicted molar refractivity (Wildman–Crippen MR) is 115 cm³/mol. The average molecular weight is 420 g/mol. The lowest BCUT2D eigenvalue weighted by molar-refractivity contribution is 0.0265. The number of anilines is 1. The van der Waals surface area contributed by atoms with E-state index in [2.05, 4.69) is 18.1 Å². The van der Waals surface area contributed by atoms with Crippen molar-refractivity contribution in [3.05, 3.63) is 29.3 Å². The van der Waals surface area contributed by atoms with Crippen LogP contribution in [0.4, 0.5) is 5.69 Å². The summed E-state index contributed by atoms with van der Waals surface area (Å²) in [4.78, 5) is 2.25. The SMILES string of the molecule is COCCOCCOCCN(C[C@H](C)SSC)c1cc(CO)cc(CO)c1. The van der Waals surface area contributed by atoms with Gasteiger partial charge in [0.05, 0.1) is 46.2 Å². The van der Waals surface area contributed by atoms with Crippen molar-refractivity contribution in [2.75, 3.05) is 64.4 Å². The zero-order chi connectivity index (χ0) is 19.9. The van der Waals surface area contributed by atoms with Gasteiger partial charge in [0.15, 0.2) is 0 Å². The summed E-state index contributed by atoms with van der Waals surface area (Å²) in [6, 6.07) is 5.78. The largest absolute Gasteiger partial charge is 0.392 e. The maximum absolute atomic E-state index is 9.51. The first-order chi connectivity index (χ1) is 13.1. The lowest BCUT2D eigenvalue weighted by Crippen LogP contribution is -2.33. The van der Waals surface area contributed by atoms with Gasteiger partial charge in [-0.2, -0.15) is 0 Å². The smallest absolute Gasteiger partial charge is 0.0701 e. The Kier molecular flexibility index (Phi) is 14.0. The number of aliphatic hydroxyl groups excluding tert-OH is 2. The zero-order valence-electron chi connectivity index (χ0n) is 16.6. The van der Waals surface area contributed by atoms with Gasteiger partial charge in [0.2, 0.25) is 0 Å². The van der Waals surface area contributed by atoms with Crippen LogP contribution in [0.15, 0.2) is 18.2 Å². The predicted octanol–water partition coefficient (Wildman–Crippen LogP) is 2.56. The van der Waals surface area contributed by atoms with E-state index in [-0.39, 0.29) is 13.2 Å². The van der Waals surface area contributed by atoms with E-state index < -0.39 is 0 Å². The van der Waals surface area contributed by atoms with Crippen molar-refractivity contribution in [3.63, 3.8) is 0 Å². The Bertz CT molecular complexity index is 485. The molecule has 0 saturated heterocycles. The fourth-order valence-corrected chi connectivity index (χ4v) is 4.32. The number of aliphatic hydroxyl groups is 2. The summed E-state index contributed by atoms with van der Waals surface area (Å²) in [6.07, 6.45) is 2.08. The molecule has 0 amide bonds. The van der Waals surface area contributed by atoms with Crippen molar-refractivity contribution in [1.29, 1.82) is 0 Å². The number of nitrogens with zero attached hydrogens (tertiary/aromatic N) is 1. The highest BCUT2D eigenvalue weighted by Crippen LogP contribution is 2.27. The quantitative estimate of drug-likeness (QED) is 0.313. The fourth-order valence-electron chi connectivity index (χ4n) is 2.58. The van der Waals surface area contributed by atoms with Gasteiger partial charge in [0, 0.05) is 31.1 Å². The molecule has 0 aromatic heterocycles. The van der Waals surface area contributed by atoms with E-state index in [0.29, 0.717) is 38.3 Å². The topological polar surface area (TPSA) is 71.4 Å². The number of methoxy groups -OCH3 is 1. The molecule has 8 heteroatoms. The molecule has 0 spiro atoms. The van der Waals surface area contributed by atoms with Crippen molar-refractivity contribution in [1.82, 2.24) is 0 Å². The summed E-state index contributed by atoms with van der Waals surface area (Å²) >= 11 is 0. The van der Waals surface area contributed by atoms with Crippen molar-refractivity contribution in [2.24, 2.45) is 0 Å². The minimum Gasteiger partial charge on any atom is -0.392 e. The zero-order valence-corrected chi connectivity index (χ0v) is 18.2. The summed E-state index contributed by atoms with van der Waals surface area (Å²) in [5, 5.41) is 19.5. The van der Waals surface area contributed by atoms with Crippen LogP contribution in [0.25, 0.3) is 0 Å². The lowest BCUT2D eigenvalue weighted by atomic mass is 10.1. The molecule has 1 rings (SSSR count). The first-order valence-corrected chi connectivity index (χ1v) is 11.7. The number of hydrogen-bond donors (Lipinski definition) is 2. The molecule has 0 bridgehead atoms. The second-order valence-corrected chi connectivity index (χ2v) is 8.97. The van der Waals surface area contributed by atoms with Crippen LogP contribution in [-0.4, -0.2) is 75.0 Å². The molecule has 0 fully saturated rings. The highest BCUT2D eigenvalue weighted by molar-refractivity contribution is 8.76. The Balaban J connectivity index is 2.62. The normalized spacial score (nSPS) is 12.3. The summed E-state index contributed by atoms with van der Waals surface area (Å²) < 4.78 is 16.0. The van der Waals surface area contributed by atoms with Crippen molar-refractivity contribution in [3.8, 4) is 0 Å². The summed E-state index contributed by atoms with van der Waals surface area (Å²) in [6.45, 7) is 6.56. The van der Waals surface area contributed by atoms with Gasteiger partial charge in [0.25, 0.3) is 0 Å². The second-order valence-electron chi connectivity index (χ2n) is 6.06. The molecule has 0 saturated carbocycles. The minimum atomic E-state index is -0.0426. The molecule has 6 nitrogen and oxygen atoms in total. The monoisotopic (exact) mass is 419 g/mol. The van der Waals surface area contributed by atoms with Gasteiger partial charge >= 0.3 is 0 Å². The van der Waals surface area contributed by atoms with Crippen LogP contribution >= 0.6 is 21.6 Å². The highest BCUT2D eigenvalue weighted by Gasteiger charge is 2.13. The molecule has 1 atom stereocenters. The van der Waals surface area contributed by atoms with Crippen LogP contribution in [0.1, 0.15) is 18.1 Å². The van der Waals surface area contributed by atoms with E-state index in [1.54, 1.807) is 17.9 Å². The Morgan fingerprint density at radius 3 is 2.11 bits per heavy atom. The van der Waals surface area contributed by atoms with Gasteiger partial charge in [-0.3, -0.25) is 0 Å². The Hall–Kier alpha value is -0.480. The first kappa shape index (κ1) is 24.6. The van der Waals surface area contributed by atoms with Crippen LogP contribution in [0.2, 0.25) is 0 Å². The molecule has 1 aromatic carbocycles. The number of rotatable bonds is 16.